The standard InChI is InChI=1S/C31H38N6/c1-6-12-26(16-15-24(5)7-2)28-20-30-33-29(21-31(37(30)35-28)36-17-9-8-10-18-36)34-32-22-25-13-11-14-27(19-25)23(3)4/h6,11-16,19-22,24H,1,3,7-10,17-18H2,2,4-5H3,(H,33,34)/b16-15-,26-12+,32-22+/t24-/m1/s1. The quantitative estimate of drug-likeness (QED) is 0.182. The van der Waals surface area contributed by atoms with Gasteiger partial charge in [-0.2, -0.15) is 14.7 Å². The lowest BCUT2D eigenvalue weighted by molar-refractivity contribution is 0.568. The summed E-state index contributed by atoms with van der Waals surface area (Å²) < 4.78 is 1.96. The van der Waals surface area contributed by atoms with E-state index >= 15 is 0 Å². The molecule has 2 aromatic heterocycles. The molecule has 0 saturated carbocycles. The molecule has 1 N–H and O–H groups in total. The van der Waals surface area contributed by atoms with Gasteiger partial charge in [0.15, 0.2) is 11.5 Å². The third kappa shape index (κ3) is 6.64. The number of fused-ring (bicyclic) bond motifs is 1. The maximum absolute atomic E-state index is 4.98. The van der Waals surface area contributed by atoms with E-state index in [2.05, 4.69) is 66.7 Å². The van der Waals surface area contributed by atoms with Crippen LogP contribution < -0.4 is 10.3 Å². The zero-order valence-electron chi connectivity index (χ0n) is 22.3. The van der Waals surface area contributed by atoms with E-state index in [1.54, 1.807) is 0 Å². The molecule has 1 aliphatic rings. The van der Waals surface area contributed by atoms with Crippen LogP contribution in [0, 0.1) is 5.92 Å². The molecule has 6 heteroatoms. The average molecular weight is 495 g/mol. The van der Waals surface area contributed by atoms with Gasteiger partial charge in [-0.3, -0.25) is 5.43 Å². The average Bonchev–Trinajstić information content (AvgIpc) is 3.35. The molecule has 0 unspecified atom stereocenters. The Hall–Kier alpha value is -3.93. The lowest BCUT2D eigenvalue weighted by Gasteiger charge is -2.29. The van der Waals surface area contributed by atoms with Gasteiger partial charge in [0.05, 0.1) is 11.9 Å². The zero-order chi connectivity index (χ0) is 26.2. The number of nitrogens with zero attached hydrogens (tertiary/aromatic N) is 5. The maximum Gasteiger partial charge on any atom is 0.160 e. The first-order chi connectivity index (χ1) is 18.0. The van der Waals surface area contributed by atoms with Crippen LogP contribution in [0.4, 0.5) is 11.6 Å². The van der Waals surface area contributed by atoms with Gasteiger partial charge in [0.25, 0.3) is 0 Å². The van der Waals surface area contributed by atoms with Crippen LogP contribution in [-0.4, -0.2) is 33.9 Å². The summed E-state index contributed by atoms with van der Waals surface area (Å²) in [7, 11) is 0. The number of piperidine rings is 1. The van der Waals surface area contributed by atoms with Crippen LogP contribution in [0.1, 0.15) is 63.3 Å². The normalized spacial score (nSPS) is 15.5. The predicted molar refractivity (Wildman–Crippen MR) is 158 cm³/mol. The topological polar surface area (TPSA) is 57.8 Å². The highest BCUT2D eigenvalue weighted by Gasteiger charge is 2.18. The van der Waals surface area contributed by atoms with E-state index in [0.29, 0.717) is 11.7 Å². The highest BCUT2D eigenvalue weighted by Crippen LogP contribution is 2.26. The highest BCUT2D eigenvalue weighted by molar-refractivity contribution is 5.82. The fourth-order valence-corrected chi connectivity index (χ4v) is 4.32. The molecular weight excluding hydrogens is 456 g/mol. The Labute approximate surface area is 220 Å². The van der Waals surface area contributed by atoms with Gasteiger partial charge in [-0.1, -0.05) is 81.5 Å². The van der Waals surface area contributed by atoms with E-state index in [1.165, 1.54) is 19.3 Å². The molecule has 4 rings (SSSR count). The van der Waals surface area contributed by atoms with E-state index in [4.69, 9.17) is 10.1 Å². The van der Waals surface area contributed by atoms with Gasteiger partial charge in [0.2, 0.25) is 0 Å². The summed E-state index contributed by atoms with van der Waals surface area (Å²) in [6.45, 7) is 16.4. The summed E-state index contributed by atoms with van der Waals surface area (Å²) >= 11 is 0. The second kappa shape index (κ2) is 12.3. The number of allylic oxidation sites excluding steroid dienone is 6. The van der Waals surface area contributed by atoms with Crippen molar-refractivity contribution in [3.05, 3.63) is 90.7 Å². The molecular formula is C31H38N6. The smallest absolute Gasteiger partial charge is 0.160 e. The van der Waals surface area contributed by atoms with E-state index in [-0.39, 0.29) is 0 Å². The molecule has 1 fully saturated rings. The Morgan fingerprint density at radius 3 is 2.73 bits per heavy atom. The molecule has 6 nitrogen and oxygen atoms in total. The molecule has 3 aromatic rings. The van der Waals surface area contributed by atoms with Crippen molar-refractivity contribution in [1.82, 2.24) is 14.6 Å². The lowest BCUT2D eigenvalue weighted by Crippen LogP contribution is -2.31. The van der Waals surface area contributed by atoms with E-state index < -0.39 is 0 Å². The van der Waals surface area contributed by atoms with E-state index in [0.717, 1.165) is 58.9 Å². The molecule has 0 amide bonds. The van der Waals surface area contributed by atoms with Gasteiger partial charge >= 0.3 is 0 Å². The Kier molecular flexibility index (Phi) is 8.72. The molecule has 1 aromatic carbocycles. The Balaban J connectivity index is 1.68. The van der Waals surface area contributed by atoms with Gasteiger partial charge in [-0.25, -0.2) is 4.98 Å². The summed E-state index contributed by atoms with van der Waals surface area (Å²) in [4.78, 5) is 7.23. The number of benzene rings is 1. The number of hydrogen-bond acceptors (Lipinski definition) is 5. The number of nitrogens with one attached hydrogen (secondary N) is 1. The zero-order valence-corrected chi connectivity index (χ0v) is 22.3. The van der Waals surface area contributed by atoms with Crippen molar-refractivity contribution in [2.45, 2.75) is 46.5 Å². The first kappa shape index (κ1) is 26.1. The number of anilines is 2. The minimum atomic E-state index is 0.497. The van der Waals surface area contributed by atoms with Crippen LogP contribution >= 0.6 is 0 Å². The minimum absolute atomic E-state index is 0.497. The fraction of sp³-hybridized carbons (Fsp3) is 0.323. The Morgan fingerprint density at radius 2 is 2.00 bits per heavy atom. The molecule has 192 valence electrons. The van der Waals surface area contributed by atoms with Gasteiger partial charge < -0.3 is 4.90 Å². The lowest BCUT2D eigenvalue weighted by atomic mass is 10.1. The number of rotatable bonds is 10. The first-order valence-corrected chi connectivity index (χ1v) is 13.2. The third-order valence-electron chi connectivity index (χ3n) is 6.70. The summed E-state index contributed by atoms with van der Waals surface area (Å²) in [6.07, 6.45) is 14.7. The van der Waals surface area contributed by atoms with Crippen LogP contribution in [0.2, 0.25) is 0 Å². The van der Waals surface area contributed by atoms with E-state index in [9.17, 15) is 0 Å². The second-order valence-corrected chi connectivity index (χ2v) is 9.73. The van der Waals surface area contributed by atoms with Crippen molar-refractivity contribution in [3.8, 4) is 0 Å². The molecule has 0 bridgehead atoms. The summed E-state index contributed by atoms with van der Waals surface area (Å²) in [5.41, 5.74) is 8.97. The van der Waals surface area contributed by atoms with Crippen LogP contribution in [0.3, 0.4) is 0 Å². The van der Waals surface area contributed by atoms with E-state index in [1.807, 2.05) is 54.1 Å². The molecule has 1 atom stereocenters. The Bertz CT molecular complexity index is 1340. The SMILES string of the molecule is C=C/C=C(\C=C/[C@H](C)CC)c1cc2nc(N/N=C/c3cccc(C(=C)C)c3)cc(N3CCCCC3)n2n1. The van der Waals surface area contributed by atoms with Crippen LogP contribution in [-0.2, 0) is 0 Å². The van der Waals surface area contributed by atoms with Gasteiger partial charge in [-0.15, -0.1) is 0 Å². The predicted octanol–water partition coefficient (Wildman–Crippen LogP) is 7.37. The van der Waals surface area contributed by atoms with Crippen molar-refractivity contribution >= 4 is 34.6 Å². The maximum atomic E-state index is 4.98. The van der Waals surface area contributed by atoms with Crippen molar-refractivity contribution in [2.75, 3.05) is 23.4 Å². The molecule has 1 aliphatic heterocycles. The monoisotopic (exact) mass is 494 g/mol. The molecule has 0 radical (unpaired) electrons. The molecule has 0 spiro atoms. The number of hydrogen-bond donors (Lipinski definition) is 1. The van der Waals surface area contributed by atoms with Crippen molar-refractivity contribution in [2.24, 2.45) is 11.0 Å². The van der Waals surface area contributed by atoms with Crippen molar-refractivity contribution in [1.29, 1.82) is 0 Å². The summed E-state index contributed by atoms with van der Waals surface area (Å²) in [5.74, 6) is 2.22. The number of hydrazone groups is 1. The molecule has 3 heterocycles. The van der Waals surface area contributed by atoms with Crippen LogP contribution in [0.25, 0.3) is 16.8 Å². The molecule has 37 heavy (non-hydrogen) atoms. The summed E-state index contributed by atoms with van der Waals surface area (Å²) in [6, 6.07) is 12.3. The van der Waals surface area contributed by atoms with Gasteiger partial charge in [0, 0.05) is 30.8 Å². The van der Waals surface area contributed by atoms with Crippen molar-refractivity contribution < 1.29 is 0 Å². The van der Waals surface area contributed by atoms with Crippen molar-refractivity contribution in [3.63, 3.8) is 0 Å². The Morgan fingerprint density at radius 1 is 1.19 bits per heavy atom. The number of aromatic nitrogens is 3. The van der Waals surface area contributed by atoms with Gasteiger partial charge in [-0.05, 0) is 49.3 Å². The highest BCUT2D eigenvalue weighted by atomic mass is 15.4. The third-order valence-corrected chi connectivity index (χ3v) is 6.70. The minimum Gasteiger partial charge on any atom is -0.356 e. The van der Waals surface area contributed by atoms with Crippen LogP contribution in [0.5, 0.6) is 0 Å². The fourth-order valence-electron chi connectivity index (χ4n) is 4.32. The first-order valence-electron chi connectivity index (χ1n) is 13.2. The molecule has 0 aliphatic carbocycles. The molecule has 1 saturated heterocycles. The second-order valence-electron chi connectivity index (χ2n) is 9.73. The van der Waals surface area contributed by atoms with Crippen LogP contribution in [0.15, 0.2) is 79.0 Å². The summed E-state index contributed by atoms with van der Waals surface area (Å²) in [5, 5.41) is 9.46. The largest absolute Gasteiger partial charge is 0.356 e. The van der Waals surface area contributed by atoms with Gasteiger partial charge in [0.1, 0.15) is 5.82 Å².